The highest BCUT2D eigenvalue weighted by Gasteiger charge is 2.46. The summed E-state index contributed by atoms with van der Waals surface area (Å²) >= 11 is 0. The van der Waals surface area contributed by atoms with Gasteiger partial charge in [0.1, 0.15) is 0 Å². The standard InChI is InChI=1S/C16H32/c1-11(2)13(5)16(10,15(7,8)9)14(6)12(3)4/h12-14H,1H2,2-10H3. The Balaban J connectivity index is 5.45. The van der Waals surface area contributed by atoms with Gasteiger partial charge in [-0.2, -0.15) is 0 Å². The molecule has 96 valence electrons. The number of allylic oxidation sites excluding steroid dienone is 1. The molecule has 0 heteroatoms. The van der Waals surface area contributed by atoms with Gasteiger partial charge in [-0.15, -0.1) is 0 Å². The van der Waals surface area contributed by atoms with E-state index in [1.807, 2.05) is 0 Å². The highest BCUT2D eigenvalue weighted by Crippen LogP contribution is 2.53. The lowest BCUT2D eigenvalue weighted by molar-refractivity contribution is -0.0193. The lowest BCUT2D eigenvalue weighted by Crippen LogP contribution is -2.46. The number of hydrogen-bond acceptors (Lipinski definition) is 0. The predicted molar refractivity (Wildman–Crippen MR) is 75.5 cm³/mol. The van der Waals surface area contributed by atoms with Gasteiger partial charge in [-0.25, -0.2) is 0 Å². The molecule has 3 atom stereocenters. The normalized spacial score (nSPS) is 20.4. The molecular formula is C16H32. The van der Waals surface area contributed by atoms with Crippen molar-refractivity contribution in [2.24, 2.45) is 28.6 Å². The Bertz CT molecular complexity index is 241. The van der Waals surface area contributed by atoms with E-state index in [-0.39, 0.29) is 0 Å². The second kappa shape index (κ2) is 4.94. The van der Waals surface area contributed by atoms with Crippen molar-refractivity contribution < 1.29 is 0 Å². The third-order valence-electron chi connectivity index (χ3n) is 5.20. The van der Waals surface area contributed by atoms with E-state index >= 15 is 0 Å². The first-order valence-electron chi connectivity index (χ1n) is 6.61. The van der Waals surface area contributed by atoms with Crippen LogP contribution in [0.5, 0.6) is 0 Å². The maximum atomic E-state index is 4.18. The summed E-state index contributed by atoms with van der Waals surface area (Å²) in [6, 6.07) is 0. The first-order chi connectivity index (χ1) is 6.96. The SMILES string of the molecule is C=C(C)C(C)C(C)(C(C)C(C)C)C(C)(C)C. The molecule has 0 aliphatic rings. The third kappa shape index (κ3) is 2.70. The lowest BCUT2D eigenvalue weighted by atomic mass is 9.52. The van der Waals surface area contributed by atoms with E-state index in [0.717, 1.165) is 0 Å². The zero-order valence-corrected chi connectivity index (χ0v) is 12.9. The Kier molecular flexibility index (Phi) is 4.86. The molecule has 0 bridgehead atoms. The minimum absolute atomic E-state index is 0.299. The molecule has 16 heavy (non-hydrogen) atoms. The summed E-state index contributed by atoms with van der Waals surface area (Å²) in [4.78, 5) is 0. The van der Waals surface area contributed by atoms with Crippen molar-refractivity contribution in [1.29, 1.82) is 0 Å². The van der Waals surface area contributed by atoms with E-state index in [2.05, 4.69) is 68.9 Å². The van der Waals surface area contributed by atoms with Gasteiger partial charge in [0.15, 0.2) is 0 Å². The van der Waals surface area contributed by atoms with Gasteiger partial charge in [0, 0.05) is 0 Å². The molecule has 0 aliphatic carbocycles. The Morgan fingerprint density at radius 1 is 0.938 bits per heavy atom. The van der Waals surface area contributed by atoms with Crippen LogP contribution < -0.4 is 0 Å². The van der Waals surface area contributed by atoms with E-state index in [1.165, 1.54) is 5.57 Å². The summed E-state index contributed by atoms with van der Waals surface area (Å²) in [6.45, 7) is 25.3. The Labute approximate surface area is 104 Å². The molecule has 0 heterocycles. The molecule has 0 saturated carbocycles. The summed E-state index contributed by atoms with van der Waals surface area (Å²) in [7, 11) is 0. The van der Waals surface area contributed by atoms with Crippen molar-refractivity contribution in [2.75, 3.05) is 0 Å². The molecule has 0 aromatic heterocycles. The average Bonchev–Trinajstić information content (AvgIpc) is 2.11. The van der Waals surface area contributed by atoms with Gasteiger partial charge < -0.3 is 0 Å². The fraction of sp³-hybridized carbons (Fsp3) is 0.875. The molecule has 0 spiro atoms. The molecule has 0 fully saturated rings. The van der Waals surface area contributed by atoms with Crippen LogP contribution in [0.1, 0.15) is 62.3 Å². The van der Waals surface area contributed by atoms with Gasteiger partial charge in [-0.3, -0.25) is 0 Å². The van der Waals surface area contributed by atoms with Gasteiger partial charge in [-0.05, 0) is 35.5 Å². The first kappa shape index (κ1) is 15.7. The maximum Gasteiger partial charge on any atom is -0.0175 e. The summed E-state index contributed by atoms with van der Waals surface area (Å²) in [5.41, 5.74) is 1.91. The van der Waals surface area contributed by atoms with Gasteiger partial charge in [-0.1, -0.05) is 67.5 Å². The molecule has 0 aromatic carbocycles. The van der Waals surface area contributed by atoms with Gasteiger partial charge in [0.2, 0.25) is 0 Å². The zero-order chi connectivity index (χ0) is 13.3. The second-order valence-electron chi connectivity index (χ2n) is 7.13. The van der Waals surface area contributed by atoms with Crippen LogP contribution in [0, 0.1) is 28.6 Å². The Morgan fingerprint density at radius 2 is 1.31 bits per heavy atom. The van der Waals surface area contributed by atoms with Crippen molar-refractivity contribution >= 4 is 0 Å². The molecule has 0 N–H and O–H groups in total. The molecule has 0 rings (SSSR count). The lowest BCUT2D eigenvalue weighted by Gasteiger charge is -2.52. The zero-order valence-electron chi connectivity index (χ0n) is 12.9. The minimum Gasteiger partial charge on any atom is -0.0998 e. The van der Waals surface area contributed by atoms with Crippen molar-refractivity contribution in [2.45, 2.75) is 62.3 Å². The molecule has 0 saturated heterocycles. The molecule has 0 nitrogen and oxygen atoms in total. The summed E-state index contributed by atoms with van der Waals surface area (Å²) in [6.07, 6.45) is 0. The van der Waals surface area contributed by atoms with Crippen LogP contribution in [0.2, 0.25) is 0 Å². The van der Waals surface area contributed by atoms with Crippen molar-refractivity contribution in [3.8, 4) is 0 Å². The van der Waals surface area contributed by atoms with Crippen LogP contribution in [0.15, 0.2) is 12.2 Å². The van der Waals surface area contributed by atoms with Crippen molar-refractivity contribution in [3.63, 3.8) is 0 Å². The smallest absolute Gasteiger partial charge is 0.0175 e. The summed E-state index contributed by atoms with van der Waals surface area (Å²) in [5, 5.41) is 0. The highest BCUT2D eigenvalue weighted by molar-refractivity contribution is 5.07. The van der Waals surface area contributed by atoms with Crippen LogP contribution in [0.3, 0.4) is 0 Å². The Morgan fingerprint density at radius 3 is 1.50 bits per heavy atom. The fourth-order valence-corrected chi connectivity index (χ4v) is 2.93. The van der Waals surface area contributed by atoms with Crippen molar-refractivity contribution in [3.05, 3.63) is 12.2 Å². The highest BCUT2D eigenvalue weighted by atomic mass is 14.5. The van der Waals surface area contributed by atoms with Crippen molar-refractivity contribution in [1.82, 2.24) is 0 Å². The van der Waals surface area contributed by atoms with E-state index in [1.54, 1.807) is 0 Å². The first-order valence-corrected chi connectivity index (χ1v) is 6.61. The largest absolute Gasteiger partial charge is 0.0998 e. The quantitative estimate of drug-likeness (QED) is 0.550. The molecule has 0 amide bonds. The van der Waals surface area contributed by atoms with Crippen LogP contribution in [-0.2, 0) is 0 Å². The molecule has 0 aliphatic heterocycles. The predicted octanol–water partition coefficient (Wildman–Crippen LogP) is 5.54. The fourth-order valence-electron chi connectivity index (χ4n) is 2.93. The van der Waals surface area contributed by atoms with E-state index in [0.29, 0.717) is 28.6 Å². The topological polar surface area (TPSA) is 0 Å². The van der Waals surface area contributed by atoms with E-state index in [4.69, 9.17) is 0 Å². The molecular weight excluding hydrogens is 192 g/mol. The van der Waals surface area contributed by atoms with Crippen LogP contribution >= 0.6 is 0 Å². The Hall–Kier alpha value is -0.260. The van der Waals surface area contributed by atoms with Crippen LogP contribution in [0.4, 0.5) is 0 Å². The average molecular weight is 224 g/mol. The third-order valence-corrected chi connectivity index (χ3v) is 5.20. The molecule has 0 radical (unpaired) electrons. The van der Waals surface area contributed by atoms with Gasteiger partial charge >= 0.3 is 0 Å². The molecule has 3 unspecified atom stereocenters. The molecule has 0 aromatic rings. The minimum atomic E-state index is 0.299. The van der Waals surface area contributed by atoms with Gasteiger partial charge in [0.05, 0.1) is 0 Å². The maximum absolute atomic E-state index is 4.18. The second-order valence-corrected chi connectivity index (χ2v) is 7.13. The van der Waals surface area contributed by atoms with E-state index in [9.17, 15) is 0 Å². The van der Waals surface area contributed by atoms with E-state index < -0.39 is 0 Å². The summed E-state index contributed by atoms with van der Waals surface area (Å²) < 4.78 is 0. The van der Waals surface area contributed by atoms with Crippen LogP contribution in [-0.4, -0.2) is 0 Å². The number of rotatable bonds is 4. The van der Waals surface area contributed by atoms with Gasteiger partial charge in [0.25, 0.3) is 0 Å². The number of hydrogen-bond donors (Lipinski definition) is 0. The monoisotopic (exact) mass is 224 g/mol. The van der Waals surface area contributed by atoms with Crippen LogP contribution in [0.25, 0.3) is 0 Å². The summed E-state index contributed by atoms with van der Waals surface area (Å²) in [5.74, 6) is 1.97.